The summed E-state index contributed by atoms with van der Waals surface area (Å²) in [6.07, 6.45) is -0.290. The monoisotopic (exact) mass is 274 g/mol. The van der Waals surface area contributed by atoms with E-state index in [4.69, 9.17) is 0 Å². The number of nitrogens with one attached hydrogen (secondary N) is 1. The molecule has 0 amide bonds. The van der Waals surface area contributed by atoms with Gasteiger partial charge in [-0.05, 0) is 6.92 Å². The molecule has 5 nitrogen and oxygen atoms in total. The highest BCUT2D eigenvalue weighted by Crippen LogP contribution is 2.22. The van der Waals surface area contributed by atoms with Crippen molar-refractivity contribution >= 4 is 23.1 Å². The summed E-state index contributed by atoms with van der Waals surface area (Å²) in [5.74, 6) is 0.693. The van der Waals surface area contributed by atoms with E-state index in [1.165, 1.54) is 0 Å². The summed E-state index contributed by atoms with van der Waals surface area (Å²) in [7, 11) is 0. The highest BCUT2D eigenvalue weighted by molar-refractivity contribution is 8.01. The third-order valence-corrected chi connectivity index (χ3v) is 4.70. The maximum Gasteiger partial charge on any atom is 0.174 e. The summed E-state index contributed by atoms with van der Waals surface area (Å²) >= 11 is 3.17. The van der Waals surface area contributed by atoms with Crippen LogP contribution in [-0.2, 0) is 0 Å². The highest BCUT2D eigenvalue weighted by atomic mass is 32.2. The summed E-state index contributed by atoms with van der Waals surface area (Å²) < 4.78 is 0.946. The van der Waals surface area contributed by atoms with Gasteiger partial charge in [0.2, 0.25) is 0 Å². The number of aromatic nitrogens is 2. The first kappa shape index (κ1) is 13.2. The van der Waals surface area contributed by atoms with Crippen LogP contribution in [-0.4, -0.2) is 64.8 Å². The van der Waals surface area contributed by atoms with E-state index in [9.17, 15) is 5.11 Å². The van der Waals surface area contributed by atoms with Crippen molar-refractivity contribution < 1.29 is 5.11 Å². The number of β-amino-alcohol motifs (C(OH)–C–C–N with tert-alkyl or cyclic N) is 1. The Bertz CT molecular complexity index is 341. The first-order valence-corrected chi connectivity index (χ1v) is 7.58. The molecule has 1 fully saturated rings. The van der Waals surface area contributed by atoms with E-state index in [2.05, 4.69) is 20.4 Å². The van der Waals surface area contributed by atoms with Gasteiger partial charge in [0.15, 0.2) is 4.34 Å². The smallest absolute Gasteiger partial charge is 0.174 e. The molecule has 0 aromatic carbocycles. The van der Waals surface area contributed by atoms with Crippen LogP contribution in [0.2, 0.25) is 0 Å². The molecule has 1 unspecified atom stereocenters. The van der Waals surface area contributed by atoms with Gasteiger partial charge in [-0.2, -0.15) is 0 Å². The van der Waals surface area contributed by atoms with Crippen molar-refractivity contribution in [3.05, 3.63) is 5.01 Å². The molecular formula is C10H18N4OS2. The van der Waals surface area contributed by atoms with Crippen molar-refractivity contribution in [2.24, 2.45) is 0 Å². The van der Waals surface area contributed by atoms with Gasteiger partial charge in [0.25, 0.3) is 0 Å². The van der Waals surface area contributed by atoms with Crippen LogP contribution in [0.15, 0.2) is 4.34 Å². The predicted octanol–water partition coefficient (Wildman–Crippen LogP) is 0.205. The lowest BCUT2D eigenvalue weighted by atomic mass is 10.3. The Hall–Kier alpha value is -0.210. The molecule has 0 bridgehead atoms. The molecule has 1 aromatic heterocycles. The summed E-state index contributed by atoms with van der Waals surface area (Å²) in [6.45, 7) is 6.80. The van der Waals surface area contributed by atoms with Crippen LogP contribution in [0.5, 0.6) is 0 Å². The van der Waals surface area contributed by atoms with Crippen LogP contribution >= 0.6 is 23.1 Å². The molecule has 0 radical (unpaired) electrons. The predicted molar refractivity (Wildman–Crippen MR) is 70.7 cm³/mol. The average molecular weight is 274 g/mol. The Morgan fingerprint density at radius 1 is 1.47 bits per heavy atom. The van der Waals surface area contributed by atoms with Gasteiger partial charge >= 0.3 is 0 Å². The number of hydrogen-bond acceptors (Lipinski definition) is 7. The molecule has 0 saturated carbocycles. The number of aliphatic hydroxyl groups excluding tert-OH is 1. The Morgan fingerprint density at radius 2 is 2.24 bits per heavy atom. The molecule has 17 heavy (non-hydrogen) atoms. The van der Waals surface area contributed by atoms with E-state index in [0.717, 1.165) is 42.1 Å². The van der Waals surface area contributed by atoms with Crippen LogP contribution < -0.4 is 5.32 Å². The van der Waals surface area contributed by atoms with Crippen molar-refractivity contribution in [2.45, 2.75) is 17.4 Å². The number of rotatable bonds is 5. The van der Waals surface area contributed by atoms with Gasteiger partial charge in [-0.15, -0.1) is 10.2 Å². The van der Waals surface area contributed by atoms with Gasteiger partial charge in [-0.1, -0.05) is 23.1 Å². The van der Waals surface area contributed by atoms with Crippen molar-refractivity contribution in [1.82, 2.24) is 20.4 Å². The van der Waals surface area contributed by atoms with Crippen LogP contribution in [0.4, 0.5) is 0 Å². The van der Waals surface area contributed by atoms with E-state index in [1.54, 1.807) is 23.1 Å². The Morgan fingerprint density at radius 3 is 2.88 bits per heavy atom. The molecule has 0 aliphatic carbocycles. The zero-order valence-electron chi connectivity index (χ0n) is 9.93. The minimum absolute atomic E-state index is 0.290. The fourth-order valence-electron chi connectivity index (χ4n) is 1.75. The molecule has 7 heteroatoms. The largest absolute Gasteiger partial charge is 0.391 e. The first-order chi connectivity index (χ1) is 8.24. The lowest BCUT2D eigenvalue weighted by Crippen LogP contribution is -2.46. The molecular weight excluding hydrogens is 256 g/mol. The second kappa shape index (κ2) is 6.65. The summed E-state index contributed by atoms with van der Waals surface area (Å²) in [5, 5.41) is 22.2. The normalized spacial score (nSPS) is 19.4. The van der Waals surface area contributed by atoms with Gasteiger partial charge in [0.1, 0.15) is 5.01 Å². The van der Waals surface area contributed by atoms with E-state index >= 15 is 0 Å². The third kappa shape index (κ3) is 4.51. The Kier molecular flexibility index (Phi) is 5.17. The number of aliphatic hydroxyl groups is 1. The number of aryl methyl sites for hydroxylation is 1. The average Bonchev–Trinajstić information content (AvgIpc) is 2.74. The standard InChI is InChI=1S/C10H18N4OS2/c1-8-12-13-10(17-8)16-7-9(15)6-14-4-2-11-3-5-14/h9,11,15H,2-7H2,1H3. The first-order valence-electron chi connectivity index (χ1n) is 5.78. The second-order valence-electron chi connectivity index (χ2n) is 4.10. The molecule has 1 aromatic rings. The number of thioether (sulfide) groups is 1. The quantitative estimate of drug-likeness (QED) is 0.748. The third-order valence-electron chi connectivity index (χ3n) is 2.59. The van der Waals surface area contributed by atoms with Crippen LogP contribution in [0, 0.1) is 6.92 Å². The fraction of sp³-hybridized carbons (Fsp3) is 0.800. The van der Waals surface area contributed by atoms with Crippen molar-refractivity contribution in [2.75, 3.05) is 38.5 Å². The van der Waals surface area contributed by atoms with Gasteiger partial charge in [0, 0.05) is 38.5 Å². The molecule has 1 aliphatic rings. The van der Waals surface area contributed by atoms with Gasteiger partial charge in [0.05, 0.1) is 6.10 Å². The van der Waals surface area contributed by atoms with Crippen molar-refractivity contribution in [1.29, 1.82) is 0 Å². The van der Waals surface area contributed by atoms with E-state index in [-0.39, 0.29) is 6.10 Å². The number of piperazine rings is 1. The minimum atomic E-state index is -0.290. The fourth-order valence-corrected chi connectivity index (χ4v) is 3.51. The summed E-state index contributed by atoms with van der Waals surface area (Å²) in [6, 6.07) is 0. The van der Waals surface area contributed by atoms with Crippen LogP contribution in [0.1, 0.15) is 5.01 Å². The lowest BCUT2D eigenvalue weighted by Gasteiger charge is -2.28. The highest BCUT2D eigenvalue weighted by Gasteiger charge is 2.15. The minimum Gasteiger partial charge on any atom is -0.391 e. The van der Waals surface area contributed by atoms with Gasteiger partial charge in [-0.25, -0.2) is 0 Å². The van der Waals surface area contributed by atoms with Gasteiger partial charge < -0.3 is 10.4 Å². The Labute approximate surface area is 110 Å². The van der Waals surface area contributed by atoms with E-state index < -0.39 is 0 Å². The zero-order chi connectivity index (χ0) is 12.1. The molecule has 2 rings (SSSR count). The van der Waals surface area contributed by atoms with Crippen molar-refractivity contribution in [3.8, 4) is 0 Å². The SMILES string of the molecule is Cc1nnc(SCC(O)CN2CCNCC2)s1. The second-order valence-corrected chi connectivity index (χ2v) is 6.55. The molecule has 1 aliphatic heterocycles. The number of hydrogen-bond donors (Lipinski definition) is 2. The maximum atomic E-state index is 9.94. The molecule has 1 atom stereocenters. The van der Waals surface area contributed by atoms with Crippen molar-refractivity contribution in [3.63, 3.8) is 0 Å². The maximum absolute atomic E-state index is 9.94. The van der Waals surface area contributed by atoms with E-state index in [0.29, 0.717) is 5.75 Å². The topological polar surface area (TPSA) is 61.3 Å². The molecule has 96 valence electrons. The Balaban J connectivity index is 1.68. The van der Waals surface area contributed by atoms with Crippen LogP contribution in [0.3, 0.4) is 0 Å². The summed E-state index contributed by atoms with van der Waals surface area (Å²) in [5.41, 5.74) is 0. The van der Waals surface area contributed by atoms with Crippen LogP contribution in [0.25, 0.3) is 0 Å². The molecule has 1 saturated heterocycles. The molecule has 2 N–H and O–H groups in total. The number of nitrogens with zero attached hydrogens (tertiary/aromatic N) is 3. The molecule has 2 heterocycles. The zero-order valence-corrected chi connectivity index (χ0v) is 11.6. The van der Waals surface area contributed by atoms with Gasteiger partial charge in [-0.3, -0.25) is 4.90 Å². The molecule has 0 spiro atoms. The lowest BCUT2D eigenvalue weighted by molar-refractivity contribution is 0.121. The summed E-state index contributed by atoms with van der Waals surface area (Å²) in [4.78, 5) is 2.30. The van der Waals surface area contributed by atoms with E-state index in [1.807, 2.05) is 6.92 Å².